The van der Waals surface area contributed by atoms with Crippen molar-refractivity contribution in [3.63, 3.8) is 0 Å². The van der Waals surface area contributed by atoms with Gasteiger partial charge in [-0.2, -0.15) is 0 Å². The minimum Gasteiger partial charge on any atom is -0.486 e. The zero-order chi connectivity index (χ0) is 17.8. The molecule has 1 fully saturated rings. The van der Waals surface area contributed by atoms with Crippen molar-refractivity contribution in [2.45, 2.75) is 31.9 Å². The number of benzene rings is 1. The van der Waals surface area contributed by atoms with E-state index in [2.05, 4.69) is 15.3 Å². The summed E-state index contributed by atoms with van der Waals surface area (Å²) in [4.78, 5) is 21.3. The van der Waals surface area contributed by atoms with Crippen LogP contribution in [0.3, 0.4) is 0 Å². The van der Waals surface area contributed by atoms with Crippen molar-refractivity contribution in [2.24, 2.45) is 0 Å². The lowest BCUT2D eigenvalue weighted by atomic mass is 10.1. The standard InChI is InChI=1S/C19H21N3O4/c23-19(14-4-3-6-15-17(14)26-9-8-25-15)22-12-13-10-20-18(21-11-13)16-5-1-2-7-24-16/h3-4,6,10-11,16H,1-2,5,7-9,12H2,(H,22,23)/t16-/m1/s1. The molecule has 0 saturated carbocycles. The van der Waals surface area contributed by atoms with Crippen LogP contribution >= 0.6 is 0 Å². The Hall–Kier alpha value is -2.67. The number of fused-ring (bicyclic) bond motifs is 1. The molecule has 1 amide bonds. The van der Waals surface area contributed by atoms with Crippen LogP contribution in [0.15, 0.2) is 30.6 Å². The highest BCUT2D eigenvalue weighted by Crippen LogP contribution is 2.33. The largest absolute Gasteiger partial charge is 0.486 e. The van der Waals surface area contributed by atoms with Crippen LogP contribution in [-0.2, 0) is 11.3 Å². The molecule has 7 nitrogen and oxygen atoms in total. The van der Waals surface area contributed by atoms with Crippen molar-refractivity contribution >= 4 is 5.91 Å². The summed E-state index contributed by atoms with van der Waals surface area (Å²) in [6.07, 6.45) is 6.65. The molecule has 0 radical (unpaired) electrons. The van der Waals surface area contributed by atoms with Gasteiger partial charge in [-0.25, -0.2) is 9.97 Å². The van der Waals surface area contributed by atoms with Gasteiger partial charge in [0.1, 0.15) is 19.3 Å². The van der Waals surface area contributed by atoms with E-state index in [0.717, 1.165) is 31.4 Å². The van der Waals surface area contributed by atoms with Gasteiger partial charge in [-0.15, -0.1) is 0 Å². The highest BCUT2D eigenvalue weighted by atomic mass is 16.6. The van der Waals surface area contributed by atoms with E-state index in [4.69, 9.17) is 14.2 Å². The number of hydrogen-bond acceptors (Lipinski definition) is 6. The fourth-order valence-corrected chi connectivity index (χ4v) is 3.10. The van der Waals surface area contributed by atoms with Crippen LogP contribution in [-0.4, -0.2) is 35.7 Å². The van der Waals surface area contributed by atoms with Crippen LogP contribution in [0.5, 0.6) is 11.5 Å². The molecule has 0 unspecified atom stereocenters. The highest BCUT2D eigenvalue weighted by molar-refractivity contribution is 5.97. The number of carbonyl (C=O) groups excluding carboxylic acids is 1. The average molecular weight is 355 g/mol. The lowest BCUT2D eigenvalue weighted by Crippen LogP contribution is -2.25. The van der Waals surface area contributed by atoms with Gasteiger partial charge < -0.3 is 19.5 Å². The molecular formula is C19H21N3O4. The van der Waals surface area contributed by atoms with Crippen LogP contribution in [0.25, 0.3) is 0 Å². The number of nitrogens with zero attached hydrogens (tertiary/aromatic N) is 2. The Kier molecular flexibility index (Phi) is 4.97. The minimum absolute atomic E-state index is 0.0135. The Bertz CT molecular complexity index is 773. The first-order valence-corrected chi connectivity index (χ1v) is 8.90. The number of para-hydroxylation sites is 1. The third-order valence-electron chi connectivity index (χ3n) is 4.46. The van der Waals surface area contributed by atoms with Crippen molar-refractivity contribution in [1.29, 1.82) is 0 Å². The van der Waals surface area contributed by atoms with Crippen molar-refractivity contribution in [1.82, 2.24) is 15.3 Å². The van der Waals surface area contributed by atoms with E-state index in [1.807, 2.05) is 0 Å². The van der Waals surface area contributed by atoms with Crippen LogP contribution in [0.4, 0.5) is 0 Å². The van der Waals surface area contributed by atoms with Gasteiger partial charge in [0, 0.05) is 31.1 Å². The summed E-state index contributed by atoms with van der Waals surface area (Å²) in [5.74, 6) is 1.59. The third kappa shape index (κ3) is 3.62. The van der Waals surface area contributed by atoms with Crippen LogP contribution < -0.4 is 14.8 Å². The van der Waals surface area contributed by atoms with Gasteiger partial charge >= 0.3 is 0 Å². The normalized spacial score (nSPS) is 19.0. The first-order chi connectivity index (χ1) is 12.8. The Morgan fingerprint density at radius 2 is 1.96 bits per heavy atom. The number of ether oxygens (including phenoxy) is 3. The van der Waals surface area contributed by atoms with Crippen molar-refractivity contribution in [2.75, 3.05) is 19.8 Å². The molecule has 2 aliphatic heterocycles. The van der Waals surface area contributed by atoms with Gasteiger partial charge in [0.25, 0.3) is 5.91 Å². The number of carbonyl (C=O) groups is 1. The van der Waals surface area contributed by atoms with Gasteiger partial charge in [0.05, 0.1) is 5.56 Å². The zero-order valence-electron chi connectivity index (χ0n) is 14.4. The molecule has 0 bridgehead atoms. The molecular weight excluding hydrogens is 334 g/mol. The van der Waals surface area contributed by atoms with Gasteiger partial charge in [-0.3, -0.25) is 4.79 Å². The molecule has 136 valence electrons. The molecule has 7 heteroatoms. The fourth-order valence-electron chi connectivity index (χ4n) is 3.10. The molecule has 2 aliphatic rings. The number of amides is 1. The van der Waals surface area contributed by atoms with Gasteiger partial charge in [-0.1, -0.05) is 6.07 Å². The second kappa shape index (κ2) is 7.70. The number of nitrogens with one attached hydrogen (secondary N) is 1. The Balaban J connectivity index is 1.39. The second-order valence-electron chi connectivity index (χ2n) is 6.32. The van der Waals surface area contributed by atoms with Gasteiger partial charge in [-0.05, 0) is 31.4 Å². The number of aromatic nitrogens is 2. The van der Waals surface area contributed by atoms with Crippen LogP contribution in [0, 0.1) is 0 Å². The van der Waals surface area contributed by atoms with E-state index < -0.39 is 0 Å². The van der Waals surface area contributed by atoms with E-state index in [9.17, 15) is 4.79 Å². The van der Waals surface area contributed by atoms with E-state index in [1.54, 1.807) is 30.6 Å². The van der Waals surface area contributed by atoms with E-state index in [1.165, 1.54) is 0 Å². The summed E-state index contributed by atoms with van der Waals surface area (Å²) in [5.41, 5.74) is 1.30. The SMILES string of the molecule is O=C(NCc1cnc([C@H]2CCCCO2)nc1)c1cccc2c1OCCO2. The molecule has 0 aliphatic carbocycles. The monoisotopic (exact) mass is 355 g/mol. The van der Waals surface area contributed by atoms with Crippen molar-refractivity contribution in [3.8, 4) is 11.5 Å². The smallest absolute Gasteiger partial charge is 0.255 e. The Labute approximate surface area is 151 Å². The van der Waals surface area contributed by atoms with Crippen LogP contribution in [0.1, 0.15) is 47.1 Å². The van der Waals surface area contributed by atoms with E-state index >= 15 is 0 Å². The minimum atomic E-state index is -0.216. The first-order valence-electron chi connectivity index (χ1n) is 8.90. The maximum Gasteiger partial charge on any atom is 0.255 e. The average Bonchev–Trinajstić information content (AvgIpc) is 2.72. The molecule has 3 heterocycles. The fraction of sp³-hybridized carbons (Fsp3) is 0.421. The molecule has 1 atom stereocenters. The molecule has 1 N–H and O–H groups in total. The topological polar surface area (TPSA) is 82.6 Å². The van der Waals surface area contributed by atoms with E-state index in [0.29, 0.717) is 42.6 Å². The second-order valence-corrected chi connectivity index (χ2v) is 6.32. The molecule has 1 saturated heterocycles. The van der Waals surface area contributed by atoms with Crippen molar-refractivity contribution < 1.29 is 19.0 Å². The number of rotatable bonds is 4. The summed E-state index contributed by atoms with van der Waals surface area (Å²) in [5, 5.41) is 2.88. The molecule has 2 aromatic rings. The summed E-state index contributed by atoms with van der Waals surface area (Å²) in [6, 6.07) is 5.30. The van der Waals surface area contributed by atoms with Gasteiger partial charge in [0.2, 0.25) is 0 Å². The first kappa shape index (κ1) is 16.8. The quantitative estimate of drug-likeness (QED) is 0.907. The van der Waals surface area contributed by atoms with Gasteiger partial charge in [0.15, 0.2) is 17.3 Å². The number of hydrogen-bond donors (Lipinski definition) is 1. The summed E-state index contributed by atoms with van der Waals surface area (Å²) in [6.45, 7) is 2.04. The Morgan fingerprint density at radius 3 is 2.77 bits per heavy atom. The molecule has 4 rings (SSSR count). The predicted molar refractivity (Wildman–Crippen MR) is 93.2 cm³/mol. The predicted octanol–water partition coefficient (Wildman–Crippen LogP) is 2.42. The summed E-state index contributed by atoms with van der Waals surface area (Å²) >= 11 is 0. The zero-order valence-corrected chi connectivity index (χ0v) is 14.4. The van der Waals surface area contributed by atoms with E-state index in [-0.39, 0.29) is 12.0 Å². The maximum atomic E-state index is 12.5. The highest BCUT2D eigenvalue weighted by Gasteiger charge is 2.21. The third-order valence-corrected chi connectivity index (χ3v) is 4.46. The molecule has 26 heavy (non-hydrogen) atoms. The lowest BCUT2D eigenvalue weighted by molar-refractivity contribution is 0.00940. The molecule has 1 aromatic carbocycles. The maximum absolute atomic E-state index is 12.5. The lowest BCUT2D eigenvalue weighted by Gasteiger charge is -2.21. The van der Waals surface area contributed by atoms with Crippen molar-refractivity contribution in [3.05, 3.63) is 47.5 Å². The summed E-state index contributed by atoms with van der Waals surface area (Å²) < 4.78 is 16.8. The van der Waals surface area contributed by atoms with Crippen LogP contribution in [0.2, 0.25) is 0 Å². The molecule has 0 spiro atoms. The Morgan fingerprint density at radius 1 is 1.12 bits per heavy atom. The molecule has 1 aromatic heterocycles. The summed E-state index contributed by atoms with van der Waals surface area (Å²) in [7, 11) is 0.